The molecule has 0 aliphatic heterocycles. The van der Waals surface area contributed by atoms with E-state index in [1.165, 1.54) is 7.11 Å². The van der Waals surface area contributed by atoms with Crippen LogP contribution >= 0.6 is 0 Å². The molecule has 0 amide bonds. The number of aliphatic hydroxyl groups is 1. The monoisotopic (exact) mass is 253 g/mol. The molecule has 0 fully saturated rings. The molecule has 98 valence electrons. The van der Waals surface area contributed by atoms with Gasteiger partial charge in [-0.3, -0.25) is 0 Å². The Morgan fingerprint density at radius 2 is 2.12 bits per heavy atom. The van der Waals surface area contributed by atoms with E-state index in [0.717, 1.165) is 4.68 Å². The van der Waals surface area contributed by atoms with E-state index >= 15 is 0 Å². The van der Waals surface area contributed by atoms with E-state index in [4.69, 9.17) is 9.84 Å². The molecule has 0 saturated carbocycles. The third-order valence-corrected chi connectivity index (χ3v) is 2.34. The molecule has 17 heavy (non-hydrogen) atoms. The molecule has 0 radical (unpaired) electrons. The van der Waals surface area contributed by atoms with E-state index in [0.29, 0.717) is 13.0 Å². The quantitative estimate of drug-likeness (QED) is 0.861. The van der Waals surface area contributed by atoms with Gasteiger partial charge in [0.2, 0.25) is 0 Å². The minimum absolute atomic E-state index is 0.326. The Balaban J connectivity index is 3.03. The second kappa shape index (κ2) is 5.46. The number of hydrogen-bond donors (Lipinski definition) is 1. The molecule has 1 heterocycles. The highest BCUT2D eigenvalue weighted by Gasteiger charge is 2.40. The van der Waals surface area contributed by atoms with Crippen LogP contribution in [0.1, 0.15) is 30.8 Å². The van der Waals surface area contributed by atoms with Crippen molar-refractivity contribution in [1.82, 2.24) is 15.0 Å². The van der Waals surface area contributed by atoms with Crippen LogP contribution in [0.15, 0.2) is 0 Å². The summed E-state index contributed by atoms with van der Waals surface area (Å²) in [6.07, 6.45) is -4.20. The zero-order valence-electron chi connectivity index (χ0n) is 9.53. The fraction of sp³-hybridized carbons (Fsp3) is 0.778. The second-order valence-electron chi connectivity index (χ2n) is 3.62. The zero-order chi connectivity index (χ0) is 13.1. The molecule has 5 nitrogen and oxygen atoms in total. The maximum atomic E-state index is 12.8. The molecule has 0 aromatic carbocycles. The number of hydrogen-bond acceptors (Lipinski definition) is 4. The molecular formula is C9H14F3N3O2. The minimum atomic E-state index is -4.58. The van der Waals surface area contributed by atoms with Gasteiger partial charge in [0.25, 0.3) is 0 Å². The van der Waals surface area contributed by atoms with Crippen molar-refractivity contribution >= 4 is 0 Å². The number of aromatic nitrogens is 3. The van der Waals surface area contributed by atoms with Gasteiger partial charge in [-0.2, -0.15) is 13.2 Å². The predicted octanol–water partition coefficient (Wildman–Crippen LogP) is 1.39. The highest BCUT2D eigenvalue weighted by molar-refractivity contribution is 5.13. The molecule has 0 aliphatic rings. The van der Waals surface area contributed by atoms with Crippen LogP contribution < -0.4 is 0 Å². The summed E-state index contributed by atoms with van der Waals surface area (Å²) in [6.45, 7) is 1.13. The number of rotatable bonds is 5. The first-order valence-electron chi connectivity index (χ1n) is 5.02. The van der Waals surface area contributed by atoms with Crippen molar-refractivity contribution in [1.29, 1.82) is 0 Å². The van der Waals surface area contributed by atoms with Crippen molar-refractivity contribution < 1.29 is 23.0 Å². The van der Waals surface area contributed by atoms with Gasteiger partial charge < -0.3 is 9.84 Å². The fourth-order valence-corrected chi connectivity index (χ4v) is 1.45. The normalized spacial score (nSPS) is 14.0. The first-order valence-corrected chi connectivity index (χ1v) is 5.02. The van der Waals surface area contributed by atoms with Crippen molar-refractivity contribution in [2.24, 2.45) is 0 Å². The molecule has 8 heteroatoms. The van der Waals surface area contributed by atoms with Gasteiger partial charge in [0.05, 0.1) is 12.6 Å². The summed E-state index contributed by atoms with van der Waals surface area (Å²) in [5.41, 5.74) is -1.45. The van der Waals surface area contributed by atoms with Crippen LogP contribution in [0.4, 0.5) is 13.2 Å². The summed E-state index contributed by atoms with van der Waals surface area (Å²) in [7, 11) is 1.47. The predicted molar refractivity (Wildman–Crippen MR) is 52.2 cm³/mol. The van der Waals surface area contributed by atoms with Gasteiger partial charge in [-0.1, -0.05) is 5.21 Å². The van der Waals surface area contributed by atoms with Crippen LogP contribution in [0.3, 0.4) is 0 Å². The Hall–Kier alpha value is -1.15. The summed E-state index contributed by atoms with van der Waals surface area (Å²) < 4.78 is 43.9. The lowest BCUT2D eigenvalue weighted by Gasteiger charge is -2.16. The van der Waals surface area contributed by atoms with Crippen LogP contribution in [0.2, 0.25) is 0 Å². The average molecular weight is 253 g/mol. The molecule has 0 saturated heterocycles. The van der Waals surface area contributed by atoms with Gasteiger partial charge in [0, 0.05) is 13.7 Å². The van der Waals surface area contributed by atoms with Crippen LogP contribution in [-0.4, -0.2) is 33.8 Å². The van der Waals surface area contributed by atoms with Crippen molar-refractivity contribution in [2.45, 2.75) is 32.2 Å². The molecule has 0 aliphatic carbocycles. The van der Waals surface area contributed by atoms with Gasteiger partial charge in [-0.05, 0) is 13.3 Å². The van der Waals surface area contributed by atoms with E-state index in [1.54, 1.807) is 6.92 Å². The van der Waals surface area contributed by atoms with E-state index in [9.17, 15) is 13.2 Å². The Labute approximate surface area is 96.2 Å². The molecule has 1 atom stereocenters. The van der Waals surface area contributed by atoms with Gasteiger partial charge in [-0.25, -0.2) is 4.68 Å². The van der Waals surface area contributed by atoms with Crippen molar-refractivity contribution in [2.75, 3.05) is 13.7 Å². The molecule has 0 spiro atoms. The van der Waals surface area contributed by atoms with Gasteiger partial charge in [0.15, 0.2) is 5.69 Å². The highest BCUT2D eigenvalue weighted by Crippen LogP contribution is 2.33. The topological polar surface area (TPSA) is 60.2 Å². The summed E-state index contributed by atoms with van der Waals surface area (Å²) in [6, 6.07) is -0.501. The standard InChI is InChI=1S/C9H14F3N3O2/c1-6(3-4-17-2)15-8(9(10,11)12)7(5-16)13-14-15/h6,16H,3-5H2,1-2H3. The van der Waals surface area contributed by atoms with E-state index in [2.05, 4.69) is 10.3 Å². The maximum Gasteiger partial charge on any atom is 0.435 e. The lowest BCUT2D eigenvalue weighted by Crippen LogP contribution is -2.20. The zero-order valence-corrected chi connectivity index (χ0v) is 9.53. The van der Waals surface area contributed by atoms with Gasteiger partial charge in [-0.15, -0.1) is 5.10 Å². The lowest BCUT2D eigenvalue weighted by atomic mass is 10.2. The molecular weight excluding hydrogens is 239 g/mol. The maximum absolute atomic E-state index is 12.8. The Bertz CT molecular complexity index is 365. The van der Waals surface area contributed by atoms with Crippen molar-refractivity contribution in [3.8, 4) is 0 Å². The Morgan fingerprint density at radius 3 is 2.59 bits per heavy atom. The summed E-state index contributed by atoms with van der Waals surface area (Å²) in [5.74, 6) is 0. The van der Waals surface area contributed by atoms with E-state index < -0.39 is 30.2 Å². The average Bonchev–Trinajstić information content (AvgIpc) is 2.69. The molecule has 1 aromatic rings. The third kappa shape index (κ3) is 3.16. The Kier molecular flexibility index (Phi) is 4.47. The summed E-state index contributed by atoms with van der Waals surface area (Å²) in [4.78, 5) is 0. The molecule has 0 bridgehead atoms. The second-order valence-corrected chi connectivity index (χ2v) is 3.62. The van der Waals surface area contributed by atoms with Crippen LogP contribution in [0, 0.1) is 0 Å². The van der Waals surface area contributed by atoms with Crippen molar-refractivity contribution in [3.05, 3.63) is 11.4 Å². The van der Waals surface area contributed by atoms with E-state index in [1.807, 2.05) is 0 Å². The molecule has 1 rings (SSSR count). The minimum Gasteiger partial charge on any atom is -0.390 e. The SMILES string of the molecule is COCCC(C)n1nnc(CO)c1C(F)(F)F. The third-order valence-electron chi connectivity index (χ3n) is 2.34. The number of halogens is 3. The van der Waals surface area contributed by atoms with Crippen LogP contribution in [0.25, 0.3) is 0 Å². The highest BCUT2D eigenvalue weighted by atomic mass is 19.4. The number of methoxy groups -OCH3 is 1. The molecule has 1 unspecified atom stereocenters. The van der Waals surface area contributed by atoms with Gasteiger partial charge >= 0.3 is 6.18 Å². The molecule has 1 aromatic heterocycles. The Morgan fingerprint density at radius 1 is 1.47 bits per heavy atom. The lowest BCUT2D eigenvalue weighted by molar-refractivity contribution is -0.146. The largest absolute Gasteiger partial charge is 0.435 e. The fourth-order valence-electron chi connectivity index (χ4n) is 1.45. The number of aliphatic hydroxyl groups excluding tert-OH is 1. The smallest absolute Gasteiger partial charge is 0.390 e. The van der Waals surface area contributed by atoms with Gasteiger partial charge in [0.1, 0.15) is 5.69 Å². The first-order chi connectivity index (χ1) is 7.91. The summed E-state index contributed by atoms with van der Waals surface area (Å²) in [5, 5.41) is 15.6. The number of alkyl halides is 3. The first kappa shape index (κ1) is 13.9. The van der Waals surface area contributed by atoms with Crippen LogP contribution in [-0.2, 0) is 17.5 Å². The van der Waals surface area contributed by atoms with E-state index in [-0.39, 0.29) is 0 Å². The molecule has 1 N–H and O–H groups in total. The number of nitrogens with zero attached hydrogens (tertiary/aromatic N) is 3. The number of ether oxygens (including phenoxy) is 1. The van der Waals surface area contributed by atoms with Crippen LogP contribution in [0.5, 0.6) is 0 Å². The van der Waals surface area contributed by atoms with Crippen molar-refractivity contribution in [3.63, 3.8) is 0 Å². The summed E-state index contributed by atoms with van der Waals surface area (Å²) >= 11 is 0.